The van der Waals surface area contributed by atoms with Crippen molar-refractivity contribution in [1.82, 2.24) is 0 Å². The SMILES string of the molecule is NCC(F)(F)c1ccc(Br)cc1C(F)(F)F. The van der Waals surface area contributed by atoms with Gasteiger partial charge in [-0.2, -0.15) is 22.0 Å². The van der Waals surface area contributed by atoms with Gasteiger partial charge in [0, 0.05) is 10.0 Å². The first kappa shape index (κ1) is 13.4. The summed E-state index contributed by atoms with van der Waals surface area (Å²) in [6.07, 6.45) is -4.84. The van der Waals surface area contributed by atoms with Crippen LogP contribution in [0.2, 0.25) is 0 Å². The lowest BCUT2D eigenvalue weighted by Crippen LogP contribution is -2.28. The lowest BCUT2D eigenvalue weighted by molar-refractivity contribution is -0.141. The van der Waals surface area contributed by atoms with Gasteiger partial charge in [-0.05, 0) is 12.1 Å². The van der Waals surface area contributed by atoms with E-state index in [2.05, 4.69) is 15.9 Å². The molecule has 0 aromatic heterocycles. The monoisotopic (exact) mass is 303 g/mol. The minimum atomic E-state index is -4.84. The molecule has 0 aliphatic heterocycles. The largest absolute Gasteiger partial charge is 0.416 e. The van der Waals surface area contributed by atoms with Crippen LogP contribution in [0.15, 0.2) is 22.7 Å². The quantitative estimate of drug-likeness (QED) is 0.831. The minimum absolute atomic E-state index is 0.0800. The highest BCUT2D eigenvalue weighted by Gasteiger charge is 2.41. The maximum absolute atomic E-state index is 13.2. The molecule has 0 aliphatic rings. The van der Waals surface area contributed by atoms with E-state index in [1.807, 2.05) is 0 Å². The molecule has 1 rings (SSSR count). The maximum atomic E-state index is 13.2. The Morgan fingerprint density at radius 2 is 1.62 bits per heavy atom. The van der Waals surface area contributed by atoms with Crippen molar-refractivity contribution in [3.05, 3.63) is 33.8 Å². The van der Waals surface area contributed by atoms with Crippen LogP contribution in [0.25, 0.3) is 0 Å². The van der Waals surface area contributed by atoms with Gasteiger partial charge in [0.25, 0.3) is 5.92 Å². The van der Waals surface area contributed by atoms with Crippen LogP contribution in [0.4, 0.5) is 22.0 Å². The Balaban J connectivity index is 3.40. The summed E-state index contributed by atoms with van der Waals surface area (Å²) in [5.74, 6) is -3.69. The van der Waals surface area contributed by atoms with Crippen LogP contribution >= 0.6 is 15.9 Å². The van der Waals surface area contributed by atoms with Gasteiger partial charge in [-0.1, -0.05) is 22.0 Å². The number of halogens is 6. The zero-order valence-corrected chi connectivity index (χ0v) is 9.37. The van der Waals surface area contributed by atoms with Gasteiger partial charge in [0.1, 0.15) is 0 Å². The van der Waals surface area contributed by atoms with E-state index < -0.39 is 29.8 Å². The first-order valence-corrected chi connectivity index (χ1v) is 4.93. The smallest absolute Gasteiger partial charge is 0.325 e. The second-order valence-corrected chi connectivity index (χ2v) is 4.01. The highest BCUT2D eigenvalue weighted by Crippen LogP contribution is 2.40. The normalized spacial score (nSPS) is 12.9. The zero-order valence-electron chi connectivity index (χ0n) is 7.78. The number of rotatable bonds is 2. The third-order valence-corrected chi connectivity index (χ3v) is 2.43. The molecule has 90 valence electrons. The summed E-state index contributed by atoms with van der Waals surface area (Å²) in [6, 6.07) is 2.45. The Morgan fingerprint density at radius 3 is 2.06 bits per heavy atom. The summed E-state index contributed by atoms with van der Waals surface area (Å²) in [5, 5.41) is 0. The fourth-order valence-corrected chi connectivity index (χ4v) is 1.54. The van der Waals surface area contributed by atoms with Crippen molar-refractivity contribution in [2.45, 2.75) is 12.1 Å². The van der Waals surface area contributed by atoms with E-state index in [1.54, 1.807) is 0 Å². The lowest BCUT2D eigenvalue weighted by atomic mass is 10.0. The van der Waals surface area contributed by atoms with Crippen LogP contribution in [-0.2, 0) is 12.1 Å². The van der Waals surface area contributed by atoms with E-state index in [-0.39, 0.29) is 4.47 Å². The topological polar surface area (TPSA) is 26.0 Å². The number of hydrogen-bond donors (Lipinski definition) is 1. The molecule has 16 heavy (non-hydrogen) atoms. The van der Waals surface area contributed by atoms with Gasteiger partial charge in [-0.3, -0.25) is 0 Å². The zero-order chi connectivity index (χ0) is 12.6. The molecule has 2 N–H and O–H groups in total. The predicted octanol–water partition coefficient (Wildman–Crippen LogP) is 3.52. The molecule has 1 aromatic carbocycles. The van der Waals surface area contributed by atoms with Crippen LogP contribution in [0, 0.1) is 0 Å². The molecule has 0 spiro atoms. The molecule has 7 heteroatoms. The highest BCUT2D eigenvalue weighted by atomic mass is 79.9. The second-order valence-electron chi connectivity index (χ2n) is 3.10. The fourth-order valence-electron chi connectivity index (χ4n) is 1.18. The van der Waals surface area contributed by atoms with Crippen molar-refractivity contribution in [2.24, 2.45) is 5.73 Å². The molecule has 1 aromatic rings. The summed E-state index contributed by atoms with van der Waals surface area (Å²) < 4.78 is 63.9. The molecular formula is C9H7BrF5N. The van der Waals surface area contributed by atoms with Crippen molar-refractivity contribution in [2.75, 3.05) is 6.54 Å². The third kappa shape index (κ3) is 2.70. The van der Waals surface area contributed by atoms with Crippen molar-refractivity contribution < 1.29 is 22.0 Å². The van der Waals surface area contributed by atoms with Gasteiger partial charge in [-0.15, -0.1) is 0 Å². The standard InChI is InChI=1S/C9H7BrF5N/c10-5-1-2-6(8(11,12)4-16)7(3-5)9(13,14)15/h1-3H,4,16H2. The van der Waals surface area contributed by atoms with E-state index in [4.69, 9.17) is 5.73 Å². The summed E-state index contributed by atoms with van der Waals surface area (Å²) in [5.41, 5.74) is 2.28. The molecule has 0 atom stereocenters. The molecule has 0 fully saturated rings. The Morgan fingerprint density at radius 1 is 1.06 bits per heavy atom. The van der Waals surface area contributed by atoms with E-state index in [0.717, 1.165) is 12.1 Å². The van der Waals surface area contributed by atoms with Gasteiger partial charge in [-0.25, -0.2) is 0 Å². The maximum Gasteiger partial charge on any atom is 0.416 e. The molecule has 0 heterocycles. The molecule has 0 saturated heterocycles. The molecule has 0 radical (unpaired) electrons. The van der Waals surface area contributed by atoms with Gasteiger partial charge >= 0.3 is 6.18 Å². The fraction of sp³-hybridized carbons (Fsp3) is 0.333. The van der Waals surface area contributed by atoms with E-state index in [0.29, 0.717) is 6.07 Å². The Kier molecular flexibility index (Phi) is 3.59. The van der Waals surface area contributed by atoms with Crippen LogP contribution in [-0.4, -0.2) is 6.54 Å². The first-order chi connectivity index (χ1) is 7.18. The summed E-state index contributed by atoms with van der Waals surface area (Å²) >= 11 is 2.80. The summed E-state index contributed by atoms with van der Waals surface area (Å²) in [7, 11) is 0. The Labute approximate surface area is 96.6 Å². The third-order valence-electron chi connectivity index (χ3n) is 1.94. The molecule has 1 nitrogen and oxygen atoms in total. The van der Waals surface area contributed by atoms with E-state index in [9.17, 15) is 22.0 Å². The lowest BCUT2D eigenvalue weighted by Gasteiger charge is -2.20. The summed E-state index contributed by atoms with van der Waals surface area (Å²) in [4.78, 5) is 0. The number of nitrogens with two attached hydrogens (primary N) is 1. The van der Waals surface area contributed by atoms with Crippen molar-refractivity contribution in [3.63, 3.8) is 0 Å². The Bertz CT molecular complexity index is 388. The molecule has 0 bridgehead atoms. The minimum Gasteiger partial charge on any atom is -0.325 e. The second kappa shape index (κ2) is 4.29. The van der Waals surface area contributed by atoms with Crippen LogP contribution < -0.4 is 5.73 Å². The van der Waals surface area contributed by atoms with Gasteiger partial charge in [0.2, 0.25) is 0 Å². The van der Waals surface area contributed by atoms with Gasteiger partial charge < -0.3 is 5.73 Å². The van der Waals surface area contributed by atoms with Crippen LogP contribution in [0.1, 0.15) is 11.1 Å². The van der Waals surface area contributed by atoms with E-state index in [1.165, 1.54) is 0 Å². The predicted molar refractivity (Wildman–Crippen MR) is 52.1 cm³/mol. The molecule has 0 amide bonds. The van der Waals surface area contributed by atoms with Crippen LogP contribution in [0.5, 0.6) is 0 Å². The highest BCUT2D eigenvalue weighted by molar-refractivity contribution is 9.10. The van der Waals surface area contributed by atoms with Crippen molar-refractivity contribution >= 4 is 15.9 Å². The molecule has 0 aliphatic carbocycles. The number of hydrogen-bond acceptors (Lipinski definition) is 1. The summed E-state index contributed by atoms with van der Waals surface area (Å²) in [6.45, 7) is -1.17. The first-order valence-electron chi connectivity index (χ1n) is 4.13. The van der Waals surface area contributed by atoms with Crippen molar-refractivity contribution in [1.29, 1.82) is 0 Å². The van der Waals surface area contributed by atoms with Crippen molar-refractivity contribution in [3.8, 4) is 0 Å². The number of benzene rings is 1. The Hall–Kier alpha value is -0.690. The van der Waals surface area contributed by atoms with Crippen LogP contribution in [0.3, 0.4) is 0 Å². The van der Waals surface area contributed by atoms with E-state index >= 15 is 0 Å². The average Bonchev–Trinajstić information content (AvgIpc) is 2.16. The molecular weight excluding hydrogens is 297 g/mol. The molecule has 0 unspecified atom stereocenters. The number of alkyl halides is 5. The average molecular weight is 304 g/mol. The van der Waals surface area contributed by atoms with Gasteiger partial charge in [0.05, 0.1) is 12.1 Å². The molecule has 0 saturated carbocycles. The van der Waals surface area contributed by atoms with Gasteiger partial charge in [0.15, 0.2) is 0 Å².